The van der Waals surface area contributed by atoms with E-state index in [0.29, 0.717) is 17.9 Å². The first kappa shape index (κ1) is 24.2. The highest BCUT2D eigenvalue weighted by Gasteiger charge is 2.52. The third-order valence-corrected chi connectivity index (χ3v) is 7.56. The Morgan fingerprint density at radius 3 is 2.64 bits per heavy atom. The highest BCUT2D eigenvalue weighted by molar-refractivity contribution is 6.23. The van der Waals surface area contributed by atoms with E-state index >= 15 is 0 Å². The molecule has 2 aromatic rings. The maximum atomic E-state index is 13.6. The monoisotopic (exact) mass is 491 g/mol. The van der Waals surface area contributed by atoms with Crippen molar-refractivity contribution in [2.45, 2.75) is 70.5 Å². The number of nitrogens with one attached hydrogen (secondary N) is 1. The van der Waals surface area contributed by atoms with Gasteiger partial charge in [-0.1, -0.05) is 26.3 Å². The van der Waals surface area contributed by atoms with Gasteiger partial charge in [-0.3, -0.25) is 9.59 Å². The Balaban J connectivity index is 1.48. The fourth-order valence-electron chi connectivity index (χ4n) is 5.46. The zero-order chi connectivity index (χ0) is 25.8. The second kappa shape index (κ2) is 8.55. The molecule has 0 bridgehead atoms. The number of rotatable bonds is 4. The van der Waals surface area contributed by atoms with Crippen molar-refractivity contribution in [3.05, 3.63) is 41.7 Å². The largest absolute Gasteiger partial charge is 0.368 e. The molecule has 1 unspecified atom stereocenters. The van der Waals surface area contributed by atoms with Crippen molar-refractivity contribution >= 4 is 35.2 Å². The number of aromatic nitrogens is 2. The van der Waals surface area contributed by atoms with Crippen molar-refractivity contribution in [2.75, 3.05) is 28.6 Å². The number of nitrogen functional groups attached to an aromatic ring is 1. The van der Waals surface area contributed by atoms with Crippen LogP contribution in [0.3, 0.4) is 0 Å². The van der Waals surface area contributed by atoms with Crippen LogP contribution in [0.1, 0.15) is 58.2 Å². The van der Waals surface area contributed by atoms with Crippen LogP contribution in [0.2, 0.25) is 0 Å². The van der Waals surface area contributed by atoms with Crippen LogP contribution in [0.25, 0.3) is 0 Å². The summed E-state index contributed by atoms with van der Waals surface area (Å²) in [6.45, 7) is 9.17. The molecule has 3 aliphatic rings. The van der Waals surface area contributed by atoms with Crippen molar-refractivity contribution < 1.29 is 14.4 Å². The Hall–Kier alpha value is -3.53. The van der Waals surface area contributed by atoms with Gasteiger partial charge in [-0.05, 0) is 57.0 Å². The topological polar surface area (TPSA) is 125 Å². The molecule has 2 saturated heterocycles. The molecule has 2 fully saturated rings. The molecule has 1 aromatic heterocycles. The van der Waals surface area contributed by atoms with Crippen molar-refractivity contribution in [3.63, 3.8) is 0 Å². The van der Waals surface area contributed by atoms with E-state index in [1.807, 2.05) is 17.0 Å². The van der Waals surface area contributed by atoms with Crippen LogP contribution >= 0.6 is 0 Å². The molecule has 36 heavy (non-hydrogen) atoms. The predicted molar refractivity (Wildman–Crippen MR) is 136 cm³/mol. The highest BCUT2D eigenvalue weighted by atomic mass is 16.2. The van der Waals surface area contributed by atoms with Crippen LogP contribution in [-0.4, -0.2) is 57.4 Å². The molecule has 4 amide bonds. The second-order valence-electron chi connectivity index (χ2n) is 11.0. The Morgan fingerprint density at radius 2 is 1.94 bits per heavy atom. The van der Waals surface area contributed by atoms with E-state index in [0.717, 1.165) is 37.1 Å². The summed E-state index contributed by atoms with van der Waals surface area (Å²) >= 11 is 0. The minimum Gasteiger partial charge on any atom is -0.368 e. The minimum atomic E-state index is -1.09. The number of nitrogens with two attached hydrogens (primary N) is 1. The average Bonchev–Trinajstić information content (AvgIpc) is 3.21. The van der Waals surface area contributed by atoms with Gasteiger partial charge in [-0.2, -0.15) is 0 Å². The van der Waals surface area contributed by atoms with Gasteiger partial charge >= 0.3 is 6.03 Å². The molecular weight excluding hydrogens is 458 g/mol. The molecule has 0 radical (unpaired) electrons. The molecule has 3 N–H and O–H groups in total. The number of imide groups is 1. The van der Waals surface area contributed by atoms with E-state index in [1.54, 1.807) is 26.0 Å². The van der Waals surface area contributed by atoms with Crippen LogP contribution in [-0.2, 0) is 21.5 Å². The second-order valence-corrected chi connectivity index (χ2v) is 11.0. The van der Waals surface area contributed by atoms with Crippen molar-refractivity contribution in [2.24, 2.45) is 0 Å². The van der Waals surface area contributed by atoms with Crippen LogP contribution in [0.4, 0.5) is 22.1 Å². The maximum absolute atomic E-state index is 13.6. The number of carbonyl (C=O) groups is 3. The number of amides is 4. The molecular formula is C26H33N7O3. The van der Waals surface area contributed by atoms with Crippen molar-refractivity contribution in [1.82, 2.24) is 20.2 Å². The first-order chi connectivity index (χ1) is 17.0. The summed E-state index contributed by atoms with van der Waals surface area (Å²) in [5.74, 6) is -0.182. The minimum absolute atomic E-state index is 0.0426. The zero-order valence-corrected chi connectivity index (χ0v) is 21.2. The van der Waals surface area contributed by atoms with Gasteiger partial charge in [-0.15, -0.1) is 0 Å². The lowest BCUT2D eigenvalue weighted by Crippen LogP contribution is -2.49. The van der Waals surface area contributed by atoms with E-state index in [1.165, 1.54) is 16.0 Å². The van der Waals surface area contributed by atoms with E-state index in [4.69, 9.17) is 5.73 Å². The molecule has 190 valence electrons. The van der Waals surface area contributed by atoms with E-state index in [9.17, 15) is 14.4 Å². The Labute approximate surface area is 210 Å². The van der Waals surface area contributed by atoms with Gasteiger partial charge in [0, 0.05) is 23.8 Å². The summed E-state index contributed by atoms with van der Waals surface area (Å²) < 4.78 is 0. The van der Waals surface area contributed by atoms with E-state index < -0.39 is 11.6 Å². The number of benzene rings is 1. The number of fused-ring (bicyclic) bond motifs is 1. The quantitative estimate of drug-likeness (QED) is 0.630. The number of piperidine rings is 1. The summed E-state index contributed by atoms with van der Waals surface area (Å²) in [7, 11) is 0. The van der Waals surface area contributed by atoms with Gasteiger partial charge in [-0.25, -0.2) is 19.7 Å². The standard InChI is InChI=1S/C26H33N7O3/c1-25(2)15-31(21(34)19-7-5-6-11-28-19)20-13-17(8-9-18(20)25)33-22(35)26(3,4)32(24(33)36)14-16-10-12-29-23(27)30-16/h8-10,12-13,19,28H,5-7,11,14-15H2,1-4H3,(H2,27,29,30). The lowest BCUT2D eigenvalue weighted by molar-refractivity contribution is -0.123. The summed E-state index contributed by atoms with van der Waals surface area (Å²) in [5, 5.41) is 3.35. The molecule has 0 saturated carbocycles. The fraction of sp³-hybridized carbons (Fsp3) is 0.500. The normalized spacial score (nSPS) is 22.8. The van der Waals surface area contributed by atoms with E-state index in [-0.39, 0.29) is 35.8 Å². The van der Waals surface area contributed by atoms with Crippen LogP contribution in [0, 0.1) is 0 Å². The predicted octanol–water partition coefficient (Wildman–Crippen LogP) is 2.57. The smallest absolute Gasteiger partial charge is 0.332 e. The molecule has 5 rings (SSSR count). The summed E-state index contributed by atoms with van der Waals surface area (Å²) in [4.78, 5) is 53.2. The number of carbonyl (C=O) groups excluding carboxylic acids is 3. The SMILES string of the molecule is CC1(C)CN(C(=O)C2CCCCN2)c2cc(N3C(=O)N(Cc4ccnc(N)n4)C(C)(C)C3=O)ccc21. The number of hydrogen-bond acceptors (Lipinski definition) is 7. The zero-order valence-electron chi connectivity index (χ0n) is 21.2. The molecule has 10 nitrogen and oxygen atoms in total. The van der Waals surface area contributed by atoms with Gasteiger partial charge in [0.2, 0.25) is 11.9 Å². The molecule has 1 atom stereocenters. The number of hydrogen-bond donors (Lipinski definition) is 2. The Kier molecular flexibility index (Phi) is 5.74. The molecule has 10 heteroatoms. The molecule has 4 heterocycles. The third kappa shape index (κ3) is 3.89. The van der Waals surface area contributed by atoms with Gasteiger partial charge in [0.25, 0.3) is 5.91 Å². The Bertz CT molecular complexity index is 1240. The van der Waals surface area contributed by atoms with Crippen molar-refractivity contribution in [1.29, 1.82) is 0 Å². The number of anilines is 3. The van der Waals surface area contributed by atoms with Gasteiger partial charge < -0.3 is 20.9 Å². The van der Waals surface area contributed by atoms with Crippen molar-refractivity contribution in [3.8, 4) is 0 Å². The molecule has 3 aliphatic heterocycles. The van der Waals surface area contributed by atoms with Gasteiger partial charge in [0.05, 0.1) is 24.0 Å². The van der Waals surface area contributed by atoms with Crippen LogP contribution in [0.15, 0.2) is 30.5 Å². The van der Waals surface area contributed by atoms with Crippen LogP contribution < -0.4 is 20.9 Å². The average molecular weight is 492 g/mol. The third-order valence-electron chi connectivity index (χ3n) is 7.56. The lowest BCUT2D eigenvalue weighted by Gasteiger charge is -2.29. The lowest BCUT2D eigenvalue weighted by atomic mass is 9.87. The van der Waals surface area contributed by atoms with E-state index in [2.05, 4.69) is 29.1 Å². The fourth-order valence-corrected chi connectivity index (χ4v) is 5.46. The highest BCUT2D eigenvalue weighted by Crippen LogP contribution is 2.44. The maximum Gasteiger partial charge on any atom is 0.332 e. The first-order valence-electron chi connectivity index (χ1n) is 12.4. The summed E-state index contributed by atoms with van der Waals surface area (Å²) in [6.07, 6.45) is 4.43. The molecule has 0 spiro atoms. The summed E-state index contributed by atoms with van der Waals surface area (Å²) in [5.41, 5.74) is 7.17. The first-order valence-corrected chi connectivity index (χ1v) is 12.4. The van der Waals surface area contributed by atoms with Crippen LogP contribution in [0.5, 0.6) is 0 Å². The molecule has 1 aromatic carbocycles. The molecule has 0 aliphatic carbocycles. The number of nitrogens with zero attached hydrogens (tertiary/aromatic N) is 5. The van der Waals surface area contributed by atoms with Gasteiger partial charge in [0.1, 0.15) is 5.54 Å². The summed E-state index contributed by atoms with van der Waals surface area (Å²) in [6, 6.07) is 6.56. The number of urea groups is 1. The Morgan fingerprint density at radius 1 is 1.17 bits per heavy atom. The van der Waals surface area contributed by atoms with Gasteiger partial charge in [0.15, 0.2) is 0 Å².